The summed E-state index contributed by atoms with van der Waals surface area (Å²) in [6, 6.07) is 2.01. The number of allylic oxidation sites excluding steroid dienone is 2. The molecule has 1 aromatic carbocycles. The average molecular weight is 473 g/mol. The minimum Gasteiger partial charge on any atom is -0.496 e. The van der Waals surface area contributed by atoms with Gasteiger partial charge in [0.05, 0.1) is 7.11 Å². The second-order valence-electron chi connectivity index (χ2n) is 11.0. The van der Waals surface area contributed by atoms with Gasteiger partial charge in [-0.25, -0.2) is 0 Å². The van der Waals surface area contributed by atoms with Crippen molar-refractivity contribution in [2.75, 3.05) is 7.11 Å². The SMILES string of the molecule is COc1cc(C/C=C(\C)CCC[C@H](C)CCC[C@H](C)CCCC(C)C)c(OC(C)=O)c(C)c1C. The number of benzene rings is 1. The van der Waals surface area contributed by atoms with Gasteiger partial charge in [0.25, 0.3) is 0 Å². The van der Waals surface area contributed by atoms with E-state index in [4.69, 9.17) is 9.47 Å². The fourth-order valence-electron chi connectivity index (χ4n) is 4.67. The summed E-state index contributed by atoms with van der Waals surface area (Å²) < 4.78 is 11.1. The van der Waals surface area contributed by atoms with E-state index in [2.05, 4.69) is 40.7 Å². The van der Waals surface area contributed by atoms with E-state index < -0.39 is 0 Å². The molecule has 1 rings (SSSR count). The standard InChI is InChI=1S/C31H52O3/c1-22(2)13-10-14-23(3)15-11-16-24(4)17-12-18-25(5)19-20-29-21-30(33-9)26(6)27(7)31(29)34-28(8)32/h19,21-24H,10-18,20H2,1-9H3/b25-19+/t23-,24-/m1/s1. The lowest BCUT2D eigenvalue weighted by atomic mass is 9.91. The zero-order chi connectivity index (χ0) is 25.7. The normalized spacial score (nSPS) is 13.8. The fourth-order valence-corrected chi connectivity index (χ4v) is 4.67. The second-order valence-corrected chi connectivity index (χ2v) is 11.0. The molecule has 3 heteroatoms. The van der Waals surface area contributed by atoms with E-state index in [1.807, 2.05) is 19.9 Å². The highest BCUT2D eigenvalue weighted by Crippen LogP contribution is 2.34. The number of hydrogen-bond acceptors (Lipinski definition) is 3. The van der Waals surface area contributed by atoms with E-state index in [-0.39, 0.29) is 5.97 Å². The van der Waals surface area contributed by atoms with Crippen LogP contribution in [-0.2, 0) is 11.2 Å². The van der Waals surface area contributed by atoms with Gasteiger partial charge in [-0.2, -0.15) is 0 Å². The molecule has 1 aromatic rings. The van der Waals surface area contributed by atoms with Crippen molar-refractivity contribution in [1.82, 2.24) is 0 Å². The molecule has 0 aliphatic carbocycles. The molecule has 194 valence electrons. The van der Waals surface area contributed by atoms with Crippen LogP contribution in [0.3, 0.4) is 0 Å². The first kappa shape index (κ1) is 30.3. The van der Waals surface area contributed by atoms with Gasteiger partial charge in [0.15, 0.2) is 0 Å². The van der Waals surface area contributed by atoms with Crippen molar-refractivity contribution in [2.45, 2.75) is 120 Å². The van der Waals surface area contributed by atoms with Crippen LogP contribution < -0.4 is 9.47 Å². The van der Waals surface area contributed by atoms with Crippen LogP contribution in [0.2, 0.25) is 0 Å². The maximum atomic E-state index is 11.6. The maximum absolute atomic E-state index is 11.6. The number of rotatable bonds is 16. The summed E-state index contributed by atoms with van der Waals surface area (Å²) in [5, 5.41) is 0. The molecule has 0 bridgehead atoms. The van der Waals surface area contributed by atoms with Gasteiger partial charge in [-0.1, -0.05) is 84.3 Å². The Hall–Kier alpha value is -1.77. The van der Waals surface area contributed by atoms with E-state index in [9.17, 15) is 4.79 Å². The first-order chi connectivity index (χ1) is 16.0. The van der Waals surface area contributed by atoms with Crippen molar-refractivity contribution in [1.29, 1.82) is 0 Å². The smallest absolute Gasteiger partial charge is 0.308 e. The van der Waals surface area contributed by atoms with Gasteiger partial charge in [-0.15, -0.1) is 0 Å². The number of carbonyl (C=O) groups is 1. The fraction of sp³-hybridized carbons (Fsp3) is 0.710. The minimum atomic E-state index is -0.284. The molecule has 0 radical (unpaired) electrons. The van der Waals surface area contributed by atoms with Crippen LogP contribution in [0.4, 0.5) is 0 Å². The van der Waals surface area contributed by atoms with Gasteiger partial charge in [0.1, 0.15) is 11.5 Å². The topological polar surface area (TPSA) is 35.5 Å². The third-order valence-electron chi connectivity index (χ3n) is 7.15. The Labute approximate surface area is 210 Å². The number of methoxy groups -OCH3 is 1. The van der Waals surface area contributed by atoms with E-state index in [1.54, 1.807) is 7.11 Å². The molecule has 34 heavy (non-hydrogen) atoms. The Morgan fingerprint density at radius 3 is 1.97 bits per heavy atom. The van der Waals surface area contributed by atoms with Crippen LogP contribution in [0, 0.1) is 31.6 Å². The minimum absolute atomic E-state index is 0.284. The molecule has 0 amide bonds. The van der Waals surface area contributed by atoms with Crippen molar-refractivity contribution < 1.29 is 14.3 Å². The molecule has 2 atom stereocenters. The molecule has 0 unspecified atom stereocenters. The average Bonchev–Trinajstić information content (AvgIpc) is 2.76. The molecule has 0 aromatic heterocycles. The number of esters is 1. The molecule has 0 heterocycles. The quantitative estimate of drug-likeness (QED) is 0.137. The summed E-state index contributed by atoms with van der Waals surface area (Å²) in [5.41, 5.74) is 4.39. The van der Waals surface area contributed by atoms with Crippen molar-refractivity contribution in [3.8, 4) is 11.5 Å². The molecular weight excluding hydrogens is 420 g/mol. The summed E-state index contributed by atoms with van der Waals surface area (Å²) in [6.45, 7) is 17.1. The van der Waals surface area contributed by atoms with Gasteiger partial charge in [0, 0.05) is 12.5 Å². The Morgan fingerprint density at radius 2 is 1.44 bits per heavy atom. The largest absolute Gasteiger partial charge is 0.496 e. The lowest BCUT2D eigenvalue weighted by molar-refractivity contribution is -0.132. The van der Waals surface area contributed by atoms with Crippen LogP contribution in [0.5, 0.6) is 11.5 Å². The summed E-state index contributed by atoms with van der Waals surface area (Å²) in [6.07, 6.45) is 14.9. The van der Waals surface area contributed by atoms with Crippen LogP contribution in [0.1, 0.15) is 116 Å². The van der Waals surface area contributed by atoms with E-state index in [0.29, 0.717) is 5.75 Å². The third-order valence-corrected chi connectivity index (χ3v) is 7.15. The summed E-state index contributed by atoms with van der Waals surface area (Å²) in [5.74, 6) is 3.75. The Morgan fingerprint density at radius 1 is 0.882 bits per heavy atom. The lowest BCUT2D eigenvalue weighted by Gasteiger charge is -2.17. The molecule has 0 fully saturated rings. The summed E-state index contributed by atoms with van der Waals surface area (Å²) in [7, 11) is 1.69. The van der Waals surface area contributed by atoms with Gasteiger partial charge in [-0.3, -0.25) is 4.79 Å². The van der Waals surface area contributed by atoms with Gasteiger partial charge < -0.3 is 9.47 Å². The predicted octanol–water partition coefficient (Wildman–Crippen LogP) is 9.17. The number of ether oxygens (including phenoxy) is 2. The van der Waals surface area contributed by atoms with Crippen molar-refractivity contribution in [2.24, 2.45) is 17.8 Å². The van der Waals surface area contributed by atoms with Gasteiger partial charge in [0.2, 0.25) is 0 Å². The molecule has 0 saturated carbocycles. The Kier molecular flexibility index (Phi) is 14.2. The van der Waals surface area contributed by atoms with Crippen molar-refractivity contribution in [3.63, 3.8) is 0 Å². The summed E-state index contributed by atoms with van der Waals surface area (Å²) in [4.78, 5) is 11.6. The molecular formula is C31H52O3. The van der Waals surface area contributed by atoms with Crippen LogP contribution in [-0.4, -0.2) is 13.1 Å². The highest BCUT2D eigenvalue weighted by atomic mass is 16.5. The maximum Gasteiger partial charge on any atom is 0.308 e. The Bertz CT molecular complexity index is 775. The van der Waals surface area contributed by atoms with E-state index >= 15 is 0 Å². The van der Waals surface area contributed by atoms with Crippen LogP contribution >= 0.6 is 0 Å². The van der Waals surface area contributed by atoms with Crippen LogP contribution in [0.25, 0.3) is 0 Å². The first-order valence-corrected chi connectivity index (χ1v) is 13.6. The zero-order valence-electron chi connectivity index (χ0n) is 23.7. The molecule has 0 aliphatic rings. The van der Waals surface area contributed by atoms with Gasteiger partial charge in [-0.05, 0) is 75.0 Å². The van der Waals surface area contributed by atoms with Crippen molar-refractivity contribution in [3.05, 3.63) is 34.4 Å². The number of carbonyl (C=O) groups excluding carboxylic acids is 1. The zero-order valence-corrected chi connectivity index (χ0v) is 23.7. The molecule has 0 saturated heterocycles. The first-order valence-electron chi connectivity index (χ1n) is 13.6. The molecule has 3 nitrogen and oxygen atoms in total. The number of hydrogen-bond donors (Lipinski definition) is 0. The van der Waals surface area contributed by atoms with E-state index in [0.717, 1.165) is 53.0 Å². The second kappa shape index (κ2) is 16.0. The van der Waals surface area contributed by atoms with E-state index in [1.165, 1.54) is 63.9 Å². The lowest BCUT2D eigenvalue weighted by Crippen LogP contribution is -2.07. The van der Waals surface area contributed by atoms with Gasteiger partial charge >= 0.3 is 5.97 Å². The summed E-state index contributed by atoms with van der Waals surface area (Å²) >= 11 is 0. The predicted molar refractivity (Wildman–Crippen MR) is 146 cm³/mol. The Balaban J connectivity index is 2.48. The highest BCUT2D eigenvalue weighted by molar-refractivity contribution is 5.71. The highest BCUT2D eigenvalue weighted by Gasteiger charge is 2.15. The van der Waals surface area contributed by atoms with Crippen molar-refractivity contribution >= 4 is 5.97 Å². The molecule has 0 aliphatic heterocycles. The molecule has 0 spiro atoms. The van der Waals surface area contributed by atoms with Crippen LogP contribution in [0.15, 0.2) is 17.7 Å². The monoisotopic (exact) mass is 472 g/mol. The molecule has 0 N–H and O–H groups in total. The third kappa shape index (κ3) is 11.6.